The molecule has 2 nitrogen and oxygen atoms in total. The maximum atomic E-state index is 13.0. The van der Waals surface area contributed by atoms with E-state index in [-0.39, 0.29) is 11.3 Å². The number of halogens is 3. The van der Waals surface area contributed by atoms with Crippen LogP contribution in [0.5, 0.6) is 0 Å². The molecule has 0 bridgehead atoms. The standard InChI is InChI=1S/C13H17F3N2S/c1-12(2)5-8(12)11-18-10(13(14,15)16)9(19-11)6-17-7-3-4-7/h7-8,17H,3-6H2,1-2H3. The van der Waals surface area contributed by atoms with E-state index in [0.29, 0.717) is 22.5 Å². The van der Waals surface area contributed by atoms with Crippen LogP contribution in [0.25, 0.3) is 0 Å². The fourth-order valence-electron chi connectivity index (χ4n) is 2.27. The zero-order valence-corrected chi connectivity index (χ0v) is 11.8. The first-order chi connectivity index (χ1) is 8.77. The van der Waals surface area contributed by atoms with Crippen molar-refractivity contribution < 1.29 is 13.2 Å². The van der Waals surface area contributed by atoms with Crippen LogP contribution in [0.3, 0.4) is 0 Å². The van der Waals surface area contributed by atoms with Gasteiger partial charge in [0, 0.05) is 18.5 Å². The highest BCUT2D eigenvalue weighted by Crippen LogP contribution is 2.59. The molecule has 0 spiro atoms. The third-order valence-electron chi connectivity index (χ3n) is 3.92. The quantitative estimate of drug-likeness (QED) is 0.909. The number of nitrogens with zero attached hydrogens (tertiary/aromatic N) is 1. The minimum atomic E-state index is -4.34. The Morgan fingerprint density at radius 3 is 2.47 bits per heavy atom. The molecule has 2 saturated carbocycles. The van der Waals surface area contributed by atoms with Crippen LogP contribution in [-0.2, 0) is 12.7 Å². The third-order valence-corrected chi connectivity index (χ3v) is 5.09. The Morgan fingerprint density at radius 2 is 2.00 bits per heavy atom. The molecule has 1 N–H and O–H groups in total. The third kappa shape index (κ3) is 2.79. The molecule has 2 aliphatic rings. The molecule has 0 saturated heterocycles. The first kappa shape index (κ1) is 13.4. The van der Waals surface area contributed by atoms with E-state index in [4.69, 9.17) is 0 Å². The highest BCUT2D eigenvalue weighted by Gasteiger charge is 2.50. The number of aromatic nitrogens is 1. The summed E-state index contributed by atoms with van der Waals surface area (Å²) in [7, 11) is 0. The van der Waals surface area contributed by atoms with Crippen molar-refractivity contribution in [1.82, 2.24) is 10.3 Å². The largest absolute Gasteiger partial charge is 0.434 e. The van der Waals surface area contributed by atoms with Crippen molar-refractivity contribution in [2.75, 3.05) is 0 Å². The van der Waals surface area contributed by atoms with Crippen molar-refractivity contribution in [2.45, 2.75) is 57.8 Å². The molecule has 19 heavy (non-hydrogen) atoms. The number of thiazole rings is 1. The Bertz CT molecular complexity index is 489. The van der Waals surface area contributed by atoms with Crippen molar-refractivity contribution in [3.63, 3.8) is 0 Å². The van der Waals surface area contributed by atoms with Crippen molar-refractivity contribution in [3.05, 3.63) is 15.6 Å². The summed E-state index contributed by atoms with van der Waals surface area (Å²) in [4.78, 5) is 4.24. The lowest BCUT2D eigenvalue weighted by Gasteiger charge is -2.06. The normalized spacial score (nSPS) is 25.6. The summed E-state index contributed by atoms with van der Waals surface area (Å²) < 4.78 is 39.0. The first-order valence-electron chi connectivity index (χ1n) is 6.57. The van der Waals surface area contributed by atoms with E-state index in [1.165, 1.54) is 11.3 Å². The van der Waals surface area contributed by atoms with E-state index in [9.17, 15) is 13.2 Å². The van der Waals surface area contributed by atoms with Crippen molar-refractivity contribution in [1.29, 1.82) is 0 Å². The lowest BCUT2D eigenvalue weighted by atomic mass is 10.1. The van der Waals surface area contributed by atoms with Gasteiger partial charge in [0.2, 0.25) is 0 Å². The van der Waals surface area contributed by atoms with Gasteiger partial charge in [-0.15, -0.1) is 11.3 Å². The van der Waals surface area contributed by atoms with Crippen LogP contribution in [0.1, 0.15) is 54.6 Å². The Morgan fingerprint density at radius 1 is 1.37 bits per heavy atom. The molecule has 3 rings (SSSR count). The van der Waals surface area contributed by atoms with Crippen LogP contribution in [0.2, 0.25) is 0 Å². The number of nitrogens with one attached hydrogen (secondary N) is 1. The van der Waals surface area contributed by atoms with Gasteiger partial charge in [-0.1, -0.05) is 13.8 Å². The van der Waals surface area contributed by atoms with Gasteiger partial charge in [-0.2, -0.15) is 13.2 Å². The van der Waals surface area contributed by atoms with Crippen LogP contribution < -0.4 is 5.32 Å². The van der Waals surface area contributed by atoms with Crippen molar-refractivity contribution in [3.8, 4) is 0 Å². The van der Waals surface area contributed by atoms with E-state index in [1.807, 2.05) is 0 Å². The van der Waals surface area contributed by atoms with Crippen LogP contribution in [-0.4, -0.2) is 11.0 Å². The second kappa shape index (κ2) is 4.19. The van der Waals surface area contributed by atoms with E-state index in [0.717, 1.165) is 19.3 Å². The fraction of sp³-hybridized carbons (Fsp3) is 0.769. The van der Waals surface area contributed by atoms with Gasteiger partial charge in [0.05, 0.1) is 9.88 Å². The van der Waals surface area contributed by atoms with Crippen molar-refractivity contribution >= 4 is 11.3 Å². The maximum Gasteiger partial charge on any atom is 0.434 e. The van der Waals surface area contributed by atoms with Gasteiger partial charge < -0.3 is 5.32 Å². The van der Waals surface area contributed by atoms with E-state index >= 15 is 0 Å². The average molecular weight is 290 g/mol. The SMILES string of the molecule is CC1(C)CC1c1nc(C(F)(F)F)c(CNC2CC2)s1. The molecule has 6 heteroatoms. The number of rotatable bonds is 4. The molecule has 0 amide bonds. The zero-order valence-electron chi connectivity index (χ0n) is 11.0. The van der Waals surface area contributed by atoms with E-state index in [1.54, 1.807) is 0 Å². The lowest BCUT2D eigenvalue weighted by molar-refractivity contribution is -0.141. The summed E-state index contributed by atoms with van der Waals surface area (Å²) in [6.45, 7) is 4.45. The molecule has 0 aliphatic heterocycles. The van der Waals surface area contributed by atoms with Crippen molar-refractivity contribution in [2.24, 2.45) is 5.41 Å². The minimum absolute atomic E-state index is 0.113. The summed E-state index contributed by atoms with van der Waals surface area (Å²) >= 11 is 1.24. The van der Waals surface area contributed by atoms with Gasteiger partial charge in [0.1, 0.15) is 0 Å². The fourth-order valence-corrected chi connectivity index (χ4v) is 3.62. The number of alkyl halides is 3. The zero-order chi connectivity index (χ0) is 13.8. The van der Waals surface area contributed by atoms with Gasteiger partial charge in [-0.25, -0.2) is 4.98 Å². The lowest BCUT2D eigenvalue weighted by Crippen LogP contribution is -2.18. The van der Waals surface area contributed by atoms with Crippen LogP contribution in [0, 0.1) is 5.41 Å². The second-order valence-electron chi connectivity index (χ2n) is 6.22. The molecule has 2 aliphatic carbocycles. The van der Waals surface area contributed by atoms with E-state index < -0.39 is 11.9 Å². The van der Waals surface area contributed by atoms with Gasteiger partial charge in [0.25, 0.3) is 0 Å². The summed E-state index contributed by atoms with van der Waals surface area (Å²) in [5.41, 5.74) is -0.564. The smallest absolute Gasteiger partial charge is 0.309 e. The summed E-state index contributed by atoms with van der Waals surface area (Å²) in [6, 6.07) is 0.406. The summed E-state index contributed by atoms with van der Waals surface area (Å²) in [5.74, 6) is 0.202. The molecular formula is C13H17F3N2S. The Kier molecular flexibility index (Phi) is 2.94. The monoisotopic (exact) mass is 290 g/mol. The Balaban J connectivity index is 1.82. The molecule has 2 fully saturated rings. The number of hydrogen-bond acceptors (Lipinski definition) is 3. The molecule has 0 radical (unpaired) electrons. The summed E-state index contributed by atoms with van der Waals surface area (Å²) in [6.07, 6.45) is -1.26. The second-order valence-corrected chi connectivity index (χ2v) is 7.34. The predicted octanol–water partition coefficient (Wildman–Crippen LogP) is 3.93. The van der Waals surface area contributed by atoms with Gasteiger partial charge in [0.15, 0.2) is 5.69 Å². The summed E-state index contributed by atoms with van der Waals surface area (Å²) in [5, 5.41) is 3.81. The Labute approximate surface area is 114 Å². The molecule has 1 atom stereocenters. The highest BCUT2D eigenvalue weighted by molar-refractivity contribution is 7.11. The molecule has 106 valence electrons. The maximum absolute atomic E-state index is 13.0. The van der Waals surface area contributed by atoms with Gasteiger partial charge >= 0.3 is 6.18 Å². The van der Waals surface area contributed by atoms with Gasteiger partial charge in [-0.3, -0.25) is 0 Å². The highest BCUT2D eigenvalue weighted by atomic mass is 32.1. The number of hydrogen-bond donors (Lipinski definition) is 1. The molecule has 1 unspecified atom stereocenters. The molecular weight excluding hydrogens is 273 g/mol. The molecule has 1 aromatic heterocycles. The van der Waals surface area contributed by atoms with E-state index in [2.05, 4.69) is 24.1 Å². The average Bonchev–Trinajstić information content (AvgIpc) is 3.15. The Hall–Kier alpha value is -0.620. The van der Waals surface area contributed by atoms with Crippen LogP contribution in [0.4, 0.5) is 13.2 Å². The minimum Gasteiger partial charge on any atom is -0.309 e. The molecule has 0 aromatic carbocycles. The predicted molar refractivity (Wildman–Crippen MR) is 68.1 cm³/mol. The molecule has 1 heterocycles. The molecule has 1 aromatic rings. The van der Waals surface area contributed by atoms with Crippen LogP contribution in [0.15, 0.2) is 0 Å². The van der Waals surface area contributed by atoms with Gasteiger partial charge in [-0.05, 0) is 24.7 Å². The van der Waals surface area contributed by atoms with Crippen LogP contribution >= 0.6 is 11.3 Å². The topological polar surface area (TPSA) is 24.9 Å². The first-order valence-corrected chi connectivity index (χ1v) is 7.39.